The summed E-state index contributed by atoms with van der Waals surface area (Å²) < 4.78 is 16.9. The van der Waals surface area contributed by atoms with E-state index >= 15 is 0 Å². The Hall–Kier alpha value is -3.21. The summed E-state index contributed by atoms with van der Waals surface area (Å²) in [7, 11) is 1.56. The lowest BCUT2D eigenvalue weighted by Crippen LogP contribution is -2.49. The predicted molar refractivity (Wildman–Crippen MR) is 132 cm³/mol. The van der Waals surface area contributed by atoms with Gasteiger partial charge in [0.2, 0.25) is 0 Å². The van der Waals surface area contributed by atoms with Crippen molar-refractivity contribution in [1.82, 2.24) is 16.2 Å². The van der Waals surface area contributed by atoms with Crippen LogP contribution >= 0.6 is 28.1 Å². The number of hydrogen-bond acceptors (Lipinski definition) is 6. The molecule has 33 heavy (non-hydrogen) atoms. The van der Waals surface area contributed by atoms with E-state index in [1.54, 1.807) is 31.4 Å². The van der Waals surface area contributed by atoms with Gasteiger partial charge in [-0.1, -0.05) is 52.3 Å². The molecule has 0 bridgehead atoms. The van der Waals surface area contributed by atoms with Crippen LogP contribution in [0.1, 0.15) is 10.4 Å². The van der Waals surface area contributed by atoms with E-state index in [4.69, 9.17) is 26.4 Å². The van der Waals surface area contributed by atoms with E-state index in [2.05, 4.69) is 32.1 Å². The van der Waals surface area contributed by atoms with Gasteiger partial charge in [-0.25, -0.2) is 0 Å². The van der Waals surface area contributed by atoms with Gasteiger partial charge in [-0.15, -0.1) is 0 Å². The molecule has 0 saturated carbocycles. The van der Waals surface area contributed by atoms with Crippen LogP contribution in [0.15, 0.2) is 65.1 Å². The number of hydrazine groups is 1. The van der Waals surface area contributed by atoms with Gasteiger partial charge in [0.1, 0.15) is 18.1 Å². The van der Waals surface area contributed by atoms with Crippen molar-refractivity contribution in [2.24, 2.45) is 0 Å². The first-order valence-corrected chi connectivity index (χ1v) is 11.1. The first-order chi connectivity index (χ1) is 16.0. The summed E-state index contributed by atoms with van der Waals surface area (Å²) in [6, 6.07) is 18.3. The van der Waals surface area contributed by atoms with E-state index in [-0.39, 0.29) is 23.9 Å². The van der Waals surface area contributed by atoms with Gasteiger partial charge in [0, 0.05) is 17.0 Å². The van der Waals surface area contributed by atoms with Crippen LogP contribution in [0.5, 0.6) is 11.5 Å². The molecule has 0 spiro atoms. The number of benzene rings is 3. The molecule has 0 aliphatic carbocycles. The molecule has 0 atom stereocenters. The van der Waals surface area contributed by atoms with Crippen LogP contribution in [0.4, 0.5) is 0 Å². The average molecular weight is 532 g/mol. The van der Waals surface area contributed by atoms with Crippen molar-refractivity contribution in [2.45, 2.75) is 0 Å². The van der Waals surface area contributed by atoms with Crippen molar-refractivity contribution >= 4 is 55.8 Å². The lowest BCUT2D eigenvalue weighted by molar-refractivity contribution is -0.123. The van der Waals surface area contributed by atoms with Gasteiger partial charge < -0.3 is 14.2 Å². The van der Waals surface area contributed by atoms with Gasteiger partial charge >= 0.3 is 0 Å². The molecule has 2 amide bonds. The third-order valence-corrected chi connectivity index (χ3v) is 5.08. The number of amides is 2. The third-order valence-electron chi connectivity index (χ3n) is 4.38. The van der Waals surface area contributed by atoms with Gasteiger partial charge in [0.25, 0.3) is 11.8 Å². The molecule has 0 fully saturated rings. The highest BCUT2D eigenvalue weighted by Crippen LogP contribution is 2.25. The van der Waals surface area contributed by atoms with Gasteiger partial charge in [-0.05, 0) is 41.9 Å². The van der Waals surface area contributed by atoms with Crippen molar-refractivity contribution in [3.63, 3.8) is 0 Å². The molecular formula is C23H22BrN3O5S. The summed E-state index contributed by atoms with van der Waals surface area (Å²) in [6.45, 7) is 0.429. The maximum Gasteiger partial charge on any atom is 0.276 e. The van der Waals surface area contributed by atoms with Crippen LogP contribution < -0.4 is 25.6 Å². The second kappa shape index (κ2) is 12.1. The van der Waals surface area contributed by atoms with Crippen LogP contribution in [0, 0.1) is 0 Å². The van der Waals surface area contributed by atoms with Crippen LogP contribution in [-0.2, 0) is 9.53 Å². The summed E-state index contributed by atoms with van der Waals surface area (Å²) in [6.07, 6.45) is 0. The highest BCUT2D eigenvalue weighted by atomic mass is 79.9. The Morgan fingerprint density at radius 1 is 0.939 bits per heavy atom. The molecule has 3 aromatic carbocycles. The van der Waals surface area contributed by atoms with Crippen molar-refractivity contribution in [3.05, 3.63) is 70.7 Å². The first kappa shape index (κ1) is 24.4. The number of ether oxygens (including phenoxy) is 3. The Balaban J connectivity index is 1.50. The zero-order valence-corrected chi connectivity index (χ0v) is 20.1. The minimum absolute atomic E-state index is 0.0821. The second-order valence-corrected chi connectivity index (χ2v) is 8.03. The molecule has 3 N–H and O–H groups in total. The average Bonchev–Trinajstić information content (AvgIpc) is 2.82. The molecule has 0 radical (unpaired) electrons. The molecule has 0 unspecified atom stereocenters. The molecule has 3 rings (SSSR count). The van der Waals surface area contributed by atoms with Crippen LogP contribution in [0.3, 0.4) is 0 Å². The van der Waals surface area contributed by atoms with Crippen LogP contribution in [-0.4, -0.2) is 43.9 Å². The maximum absolute atomic E-state index is 12.6. The number of halogens is 1. The third kappa shape index (κ3) is 7.14. The SMILES string of the molecule is COCCOc1ccc(Br)cc1C(=O)NC(=S)NNC(=O)COc1cccc2ccccc12. The minimum Gasteiger partial charge on any atom is -0.490 e. The number of thiocarbonyl (C=S) groups is 1. The topological polar surface area (TPSA) is 97.9 Å². The standard InChI is InChI=1S/C23H22BrN3O5S/c1-30-11-12-31-20-10-9-16(24)13-18(20)22(29)25-23(33)27-26-21(28)14-32-19-8-4-6-15-5-2-3-7-17(15)19/h2-10,13H,11-12,14H2,1H3,(H,26,28)(H2,25,27,29,33). The molecule has 172 valence electrons. The Bertz CT molecular complexity index is 1150. The molecule has 3 aromatic rings. The van der Waals surface area contributed by atoms with Gasteiger partial charge in [0.15, 0.2) is 11.7 Å². The number of carbonyl (C=O) groups is 2. The highest BCUT2D eigenvalue weighted by molar-refractivity contribution is 9.10. The number of rotatable bonds is 8. The smallest absolute Gasteiger partial charge is 0.276 e. The summed E-state index contributed by atoms with van der Waals surface area (Å²) >= 11 is 8.44. The molecule has 0 aromatic heterocycles. The van der Waals surface area contributed by atoms with Gasteiger partial charge in [-0.2, -0.15) is 0 Å². The number of hydrogen-bond donors (Lipinski definition) is 3. The highest BCUT2D eigenvalue weighted by Gasteiger charge is 2.15. The zero-order valence-electron chi connectivity index (χ0n) is 17.7. The van der Waals surface area contributed by atoms with E-state index in [0.29, 0.717) is 22.6 Å². The summed E-state index contributed by atoms with van der Waals surface area (Å²) in [5.41, 5.74) is 5.16. The minimum atomic E-state index is -0.498. The number of nitrogens with one attached hydrogen (secondary N) is 3. The van der Waals surface area contributed by atoms with Crippen molar-refractivity contribution in [2.75, 3.05) is 26.9 Å². The van der Waals surface area contributed by atoms with Gasteiger partial charge in [-0.3, -0.25) is 25.8 Å². The number of methoxy groups -OCH3 is 1. The van der Waals surface area contributed by atoms with Crippen molar-refractivity contribution < 1.29 is 23.8 Å². The first-order valence-electron chi connectivity index (χ1n) is 9.90. The molecular weight excluding hydrogens is 510 g/mol. The fraction of sp³-hybridized carbons (Fsp3) is 0.174. The fourth-order valence-corrected chi connectivity index (χ4v) is 3.37. The van der Waals surface area contributed by atoms with E-state index < -0.39 is 11.8 Å². The quantitative estimate of drug-likeness (QED) is 0.233. The largest absolute Gasteiger partial charge is 0.490 e. The molecule has 0 saturated heterocycles. The van der Waals surface area contributed by atoms with E-state index in [1.165, 1.54) is 0 Å². The van der Waals surface area contributed by atoms with E-state index in [1.807, 2.05) is 36.4 Å². The molecule has 0 heterocycles. The summed E-state index contributed by atoms with van der Waals surface area (Å²) in [4.78, 5) is 24.8. The summed E-state index contributed by atoms with van der Waals surface area (Å²) in [5, 5.41) is 4.33. The Morgan fingerprint density at radius 2 is 1.73 bits per heavy atom. The normalized spacial score (nSPS) is 10.4. The molecule has 0 aliphatic heterocycles. The van der Waals surface area contributed by atoms with E-state index in [9.17, 15) is 9.59 Å². The molecule has 10 heteroatoms. The molecule has 8 nitrogen and oxygen atoms in total. The fourth-order valence-electron chi connectivity index (χ4n) is 2.87. The monoisotopic (exact) mass is 531 g/mol. The van der Waals surface area contributed by atoms with E-state index in [0.717, 1.165) is 10.8 Å². The van der Waals surface area contributed by atoms with Crippen LogP contribution in [0.25, 0.3) is 10.8 Å². The number of carbonyl (C=O) groups excluding carboxylic acids is 2. The lowest BCUT2D eigenvalue weighted by atomic mass is 10.1. The predicted octanol–water partition coefficient (Wildman–Crippen LogP) is 3.34. The van der Waals surface area contributed by atoms with Crippen molar-refractivity contribution in [1.29, 1.82) is 0 Å². The lowest BCUT2D eigenvalue weighted by Gasteiger charge is -2.14. The Labute approximate surface area is 204 Å². The second-order valence-electron chi connectivity index (χ2n) is 6.70. The maximum atomic E-state index is 12.6. The molecule has 0 aliphatic rings. The van der Waals surface area contributed by atoms with Gasteiger partial charge in [0.05, 0.1) is 12.2 Å². The summed E-state index contributed by atoms with van der Waals surface area (Å²) in [5.74, 6) is 0.00547. The Kier molecular flexibility index (Phi) is 8.99. The van der Waals surface area contributed by atoms with Crippen molar-refractivity contribution in [3.8, 4) is 11.5 Å². The Morgan fingerprint density at radius 3 is 2.55 bits per heavy atom. The van der Waals surface area contributed by atoms with Crippen LogP contribution in [0.2, 0.25) is 0 Å². The number of fused-ring (bicyclic) bond motifs is 1. The zero-order chi connectivity index (χ0) is 23.6.